The van der Waals surface area contributed by atoms with E-state index >= 15 is 0 Å². The van der Waals surface area contributed by atoms with Gasteiger partial charge < -0.3 is 5.32 Å². The average molecular weight is 357 g/mol. The van der Waals surface area contributed by atoms with Crippen molar-refractivity contribution < 1.29 is 14.4 Å². The Morgan fingerprint density at radius 2 is 1.68 bits per heavy atom. The summed E-state index contributed by atoms with van der Waals surface area (Å²) >= 11 is 6.04. The van der Waals surface area contributed by atoms with Gasteiger partial charge in [-0.25, -0.2) is 0 Å². The summed E-state index contributed by atoms with van der Waals surface area (Å²) in [4.78, 5) is 39.1. The zero-order valence-electron chi connectivity index (χ0n) is 13.4. The summed E-state index contributed by atoms with van der Waals surface area (Å²) in [6.07, 6.45) is 5.37. The molecular weight excluding hydrogens is 340 g/mol. The van der Waals surface area contributed by atoms with Gasteiger partial charge in [0.15, 0.2) is 0 Å². The number of likely N-dealkylation sites (tertiary alicyclic amines) is 1. The number of rotatable bonds is 3. The van der Waals surface area contributed by atoms with Crippen LogP contribution in [0.25, 0.3) is 0 Å². The van der Waals surface area contributed by atoms with E-state index in [1.165, 1.54) is 0 Å². The average Bonchev–Trinajstić information content (AvgIpc) is 3.38. The Morgan fingerprint density at radius 3 is 2.28 bits per heavy atom. The zero-order valence-corrected chi connectivity index (χ0v) is 14.1. The minimum atomic E-state index is -0.404. The summed E-state index contributed by atoms with van der Waals surface area (Å²) in [5.74, 6) is 0.164. The molecule has 2 bridgehead atoms. The lowest BCUT2D eigenvalue weighted by Crippen LogP contribution is -2.40. The molecule has 3 amide bonds. The number of nitrogens with zero attached hydrogens (tertiary/aromatic N) is 1. The number of amides is 3. The van der Waals surface area contributed by atoms with E-state index in [1.54, 1.807) is 24.3 Å². The molecule has 5 nitrogen and oxygen atoms in total. The minimum Gasteiger partial charge on any atom is -0.323 e. The van der Waals surface area contributed by atoms with E-state index in [2.05, 4.69) is 17.5 Å². The predicted molar refractivity (Wildman–Crippen MR) is 91.5 cm³/mol. The maximum Gasteiger partial charge on any atom is 0.244 e. The number of benzene rings is 1. The second-order valence-electron chi connectivity index (χ2n) is 7.45. The van der Waals surface area contributed by atoms with Gasteiger partial charge in [-0.15, -0.1) is 0 Å². The molecule has 5 aliphatic rings. The fourth-order valence-electron chi connectivity index (χ4n) is 5.07. The van der Waals surface area contributed by atoms with E-state index in [-0.39, 0.29) is 42.0 Å². The highest BCUT2D eigenvalue weighted by Gasteiger charge is 2.67. The van der Waals surface area contributed by atoms with Gasteiger partial charge in [0.2, 0.25) is 17.7 Å². The first-order valence-corrected chi connectivity index (χ1v) is 9.02. The van der Waals surface area contributed by atoms with Crippen molar-refractivity contribution in [3.63, 3.8) is 0 Å². The quantitative estimate of drug-likeness (QED) is 0.667. The summed E-state index contributed by atoms with van der Waals surface area (Å²) in [7, 11) is 0. The first-order chi connectivity index (χ1) is 12.1. The van der Waals surface area contributed by atoms with E-state index in [0.29, 0.717) is 22.5 Å². The molecule has 0 radical (unpaired) electrons. The maximum absolute atomic E-state index is 12.8. The predicted octanol–water partition coefficient (Wildman–Crippen LogP) is 2.33. The Morgan fingerprint density at radius 1 is 1.08 bits per heavy atom. The second kappa shape index (κ2) is 5.18. The molecule has 1 saturated heterocycles. The van der Waals surface area contributed by atoms with E-state index < -0.39 is 5.91 Å². The molecule has 6 rings (SSSR count). The molecule has 6 heteroatoms. The van der Waals surface area contributed by atoms with Crippen LogP contribution in [-0.4, -0.2) is 29.2 Å². The molecule has 4 aliphatic carbocycles. The van der Waals surface area contributed by atoms with Crippen molar-refractivity contribution in [2.75, 3.05) is 11.9 Å². The number of carbonyl (C=O) groups excluding carboxylic acids is 3. The van der Waals surface area contributed by atoms with Crippen LogP contribution in [0.3, 0.4) is 0 Å². The van der Waals surface area contributed by atoms with E-state index in [1.807, 2.05) is 0 Å². The lowest BCUT2D eigenvalue weighted by molar-refractivity contribution is -0.142. The molecule has 2 saturated carbocycles. The van der Waals surface area contributed by atoms with Crippen molar-refractivity contribution in [2.45, 2.75) is 6.42 Å². The molecule has 1 N–H and O–H groups in total. The van der Waals surface area contributed by atoms with Gasteiger partial charge in [-0.3, -0.25) is 19.3 Å². The molecule has 1 aromatic rings. The van der Waals surface area contributed by atoms with Crippen molar-refractivity contribution in [3.05, 3.63) is 41.4 Å². The second-order valence-corrected chi connectivity index (χ2v) is 7.85. The smallest absolute Gasteiger partial charge is 0.244 e. The van der Waals surface area contributed by atoms with Crippen LogP contribution < -0.4 is 5.32 Å². The minimum absolute atomic E-state index is 0.174. The van der Waals surface area contributed by atoms with Gasteiger partial charge in [-0.2, -0.15) is 0 Å². The number of para-hydroxylation sites is 1. The fourth-order valence-corrected chi connectivity index (χ4v) is 5.25. The summed E-state index contributed by atoms with van der Waals surface area (Å²) in [6, 6.07) is 6.89. The van der Waals surface area contributed by atoms with Crippen LogP contribution in [0.5, 0.6) is 0 Å². The zero-order chi connectivity index (χ0) is 17.3. The number of allylic oxidation sites excluding steroid dienone is 2. The summed E-state index contributed by atoms with van der Waals surface area (Å²) in [5, 5.41) is 3.10. The summed E-state index contributed by atoms with van der Waals surface area (Å²) in [5.41, 5.74) is 0.480. The maximum atomic E-state index is 12.8. The van der Waals surface area contributed by atoms with Crippen LogP contribution in [0.2, 0.25) is 5.02 Å². The molecule has 1 heterocycles. The molecule has 3 fully saturated rings. The van der Waals surface area contributed by atoms with Crippen molar-refractivity contribution in [1.82, 2.24) is 4.90 Å². The van der Waals surface area contributed by atoms with Gasteiger partial charge in [0.1, 0.15) is 6.54 Å². The van der Waals surface area contributed by atoms with E-state index in [9.17, 15) is 14.4 Å². The summed E-state index contributed by atoms with van der Waals surface area (Å²) in [6.45, 7) is -0.245. The number of imide groups is 1. The number of hydrogen-bond donors (Lipinski definition) is 1. The van der Waals surface area contributed by atoms with Gasteiger partial charge in [-0.1, -0.05) is 35.9 Å². The lowest BCUT2D eigenvalue weighted by Gasteiger charge is -2.37. The number of nitrogens with one attached hydrogen (secondary N) is 1. The Bertz CT molecular complexity index is 800. The van der Waals surface area contributed by atoms with Crippen LogP contribution in [-0.2, 0) is 14.4 Å². The number of anilines is 1. The largest absolute Gasteiger partial charge is 0.323 e. The van der Waals surface area contributed by atoms with Crippen molar-refractivity contribution in [2.24, 2.45) is 35.5 Å². The van der Waals surface area contributed by atoms with Crippen LogP contribution in [0.15, 0.2) is 36.4 Å². The molecule has 1 aromatic carbocycles. The number of hydrogen-bond acceptors (Lipinski definition) is 3. The van der Waals surface area contributed by atoms with E-state index in [4.69, 9.17) is 11.6 Å². The molecular formula is C19H17ClN2O3. The van der Waals surface area contributed by atoms with Crippen LogP contribution in [0, 0.1) is 35.5 Å². The molecule has 128 valence electrons. The highest BCUT2D eigenvalue weighted by molar-refractivity contribution is 6.33. The number of halogens is 1. The van der Waals surface area contributed by atoms with Crippen molar-refractivity contribution in [1.29, 1.82) is 0 Å². The van der Waals surface area contributed by atoms with Gasteiger partial charge >= 0.3 is 0 Å². The monoisotopic (exact) mass is 356 g/mol. The Hall–Kier alpha value is -2.14. The van der Waals surface area contributed by atoms with Gasteiger partial charge in [0.05, 0.1) is 22.5 Å². The third kappa shape index (κ3) is 2.11. The van der Waals surface area contributed by atoms with Crippen LogP contribution in [0.1, 0.15) is 6.42 Å². The lowest BCUT2D eigenvalue weighted by atomic mass is 9.63. The molecule has 0 aromatic heterocycles. The number of carbonyl (C=O) groups is 3. The Balaban J connectivity index is 1.34. The van der Waals surface area contributed by atoms with E-state index in [0.717, 1.165) is 11.3 Å². The molecule has 25 heavy (non-hydrogen) atoms. The Kier molecular flexibility index (Phi) is 3.14. The van der Waals surface area contributed by atoms with Crippen LogP contribution >= 0.6 is 11.6 Å². The third-order valence-corrected chi connectivity index (χ3v) is 6.53. The molecule has 1 aliphatic heterocycles. The van der Waals surface area contributed by atoms with Crippen molar-refractivity contribution >= 4 is 35.0 Å². The first-order valence-electron chi connectivity index (χ1n) is 8.64. The Labute approximate surface area is 150 Å². The van der Waals surface area contributed by atoms with Gasteiger partial charge in [0, 0.05) is 0 Å². The molecule has 6 atom stereocenters. The normalized spacial score (nSPS) is 37.1. The fraction of sp³-hybridized carbons (Fsp3) is 0.421. The highest BCUT2D eigenvalue weighted by Crippen LogP contribution is 2.65. The molecule has 0 unspecified atom stereocenters. The van der Waals surface area contributed by atoms with Crippen LogP contribution in [0.4, 0.5) is 5.69 Å². The SMILES string of the molecule is O=C(CN1C(=O)[C@@H]2[C@H]3C=C[C@@H]([C@@H]4C[C@H]34)[C@@H]2C1=O)Nc1ccccc1Cl. The summed E-state index contributed by atoms with van der Waals surface area (Å²) < 4.78 is 0. The highest BCUT2D eigenvalue weighted by atomic mass is 35.5. The molecule has 0 spiro atoms. The van der Waals surface area contributed by atoms with Gasteiger partial charge in [-0.05, 0) is 42.2 Å². The first kappa shape index (κ1) is 15.1. The standard InChI is InChI=1S/C19H17ClN2O3/c20-13-3-1-2-4-14(13)21-15(23)8-22-18(24)16-9-5-6-10(12-7-11(9)12)17(16)19(22)25/h1-6,9-12,16-17H,7-8H2,(H,21,23)/t9-,10-,11-,12+,16-,17+/m0/s1. The van der Waals surface area contributed by atoms with Crippen molar-refractivity contribution in [3.8, 4) is 0 Å². The third-order valence-electron chi connectivity index (χ3n) is 6.20. The van der Waals surface area contributed by atoms with Gasteiger partial charge in [0.25, 0.3) is 0 Å². The topological polar surface area (TPSA) is 66.5 Å².